The Morgan fingerprint density at radius 2 is 1.72 bits per heavy atom. The molecule has 2 rings (SSSR count). The van der Waals surface area contributed by atoms with Crippen molar-refractivity contribution in [1.29, 1.82) is 0 Å². The zero-order valence-electron chi connectivity index (χ0n) is 14.6. The van der Waals surface area contributed by atoms with E-state index >= 15 is 0 Å². The highest BCUT2D eigenvalue weighted by molar-refractivity contribution is 7.16. The first-order valence-electron chi connectivity index (χ1n) is 7.66. The molecule has 0 bridgehead atoms. The summed E-state index contributed by atoms with van der Waals surface area (Å²) in [6.07, 6.45) is -0.640. The van der Waals surface area contributed by atoms with Crippen molar-refractivity contribution in [2.75, 3.05) is 12.4 Å². The van der Waals surface area contributed by atoms with Gasteiger partial charge in [0.25, 0.3) is 5.91 Å². The molecule has 132 valence electrons. The number of rotatable bonds is 4. The lowest BCUT2D eigenvalue weighted by Crippen LogP contribution is -2.31. The quantitative estimate of drug-likeness (QED) is 0.876. The van der Waals surface area contributed by atoms with Crippen LogP contribution in [0.5, 0.6) is 0 Å². The highest BCUT2D eigenvalue weighted by Gasteiger charge is 2.22. The van der Waals surface area contributed by atoms with Crippen LogP contribution in [0.2, 0.25) is 0 Å². The van der Waals surface area contributed by atoms with E-state index in [4.69, 9.17) is 0 Å². The third-order valence-corrected chi connectivity index (χ3v) is 4.87. The van der Waals surface area contributed by atoms with E-state index < -0.39 is 12.0 Å². The van der Waals surface area contributed by atoms with E-state index in [1.165, 1.54) is 18.4 Å². The summed E-state index contributed by atoms with van der Waals surface area (Å²) < 4.78 is 4.44. The number of amides is 3. The maximum absolute atomic E-state index is 12.3. The van der Waals surface area contributed by atoms with Crippen LogP contribution in [0.15, 0.2) is 24.3 Å². The largest absolute Gasteiger partial charge is 0.453 e. The summed E-state index contributed by atoms with van der Waals surface area (Å²) in [5, 5.41) is 5.32. The molecule has 0 unspecified atom stereocenters. The number of carbonyl (C=O) groups excluding carboxylic acids is 3. The van der Waals surface area contributed by atoms with Gasteiger partial charge >= 0.3 is 6.09 Å². The Morgan fingerprint density at radius 3 is 2.32 bits per heavy atom. The van der Waals surface area contributed by atoms with Crippen LogP contribution in [0.1, 0.15) is 31.9 Å². The van der Waals surface area contributed by atoms with E-state index in [2.05, 4.69) is 15.4 Å². The number of carbonyl (C=O) groups is 3. The van der Waals surface area contributed by atoms with Crippen molar-refractivity contribution in [3.8, 4) is 0 Å². The Balaban J connectivity index is 2.17. The summed E-state index contributed by atoms with van der Waals surface area (Å²) >= 11 is 1.30. The summed E-state index contributed by atoms with van der Waals surface area (Å²) in [5.74, 6) is -0.823. The zero-order valence-corrected chi connectivity index (χ0v) is 15.4. The second-order valence-electron chi connectivity index (χ2n) is 5.64. The van der Waals surface area contributed by atoms with Crippen LogP contribution in [0.25, 0.3) is 0 Å². The maximum atomic E-state index is 12.3. The number of alkyl carbamates (subject to hydrolysis) is 1. The molecular formula is C18H20N2O4S. The molecule has 0 saturated heterocycles. The smallest absolute Gasteiger partial charge is 0.413 e. The lowest BCUT2D eigenvalue weighted by molar-refractivity contribution is -0.115. The average molecular weight is 360 g/mol. The Hall–Kier alpha value is -2.67. The molecule has 0 aliphatic heterocycles. The second-order valence-corrected chi connectivity index (χ2v) is 6.87. The molecule has 7 heteroatoms. The third kappa shape index (κ3) is 4.67. The first kappa shape index (κ1) is 18.7. The molecule has 1 heterocycles. The van der Waals surface area contributed by atoms with Gasteiger partial charge in [-0.15, -0.1) is 11.3 Å². The fourth-order valence-corrected chi connectivity index (χ4v) is 3.33. The minimum atomic E-state index is -0.842. The van der Waals surface area contributed by atoms with E-state index in [9.17, 15) is 14.4 Å². The summed E-state index contributed by atoms with van der Waals surface area (Å²) in [7, 11) is 1.18. The number of methoxy groups -OCH3 is 1. The van der Waals surface area contributed by atoms with Gasteiger partial charge in [0.05, 0.1) is 19.1 Å². The molecule has 1 aromatic carbocycles. The van der Waals surface area contributed by atoms with Gasteiger partial charge in [0.2, 0.25) is 5.91 Å². The number of hydrogen-bond donors (Lipinski definition) is 2. The van der Waals surface area contributed by atoms with Crippen LogP contribution >= 0.6 is 11.3 Å². The average Bonchev–Trinajstić information content (AvgIpc) is 2.83. The molecule has 3 amide bonds. The molecule has 0 spiro atoms. The molecule has 0 saturated carbocycles. The van der Waals surface area contributed by atoms with E-state index in [-0.39, 0.29) is 17.9 Å². The van der Waals surface area contributed by atoms with Gasteiger partial charge in [0, 0.05) is 4.88 Å². The zero-order chi connectivity index (χ0) is 18.6. The molecule has 2 N–H and O–H groups in total. The number of imide groups is 1. The van der Waals surface area contributed by atoms with Crippen molar-refractivity contribution in [3.63, 3.8) is 0 Å². The number of benzene rings is 1. The molecular weight excluding hydrogens is 340 g/mol. The Morgan fingerprint density at radius 1 is 1.08 bits per heavy atom. The Bertz CT molecular complexity index is 809. The minimum Gasteiger partial charge on any atom is -0.453 e. The van der Waals surface area contributed by atoms with Gasteiger partial charge in [0.15, 0.2) is 0 Å². The molecule has 1 aromatic heterocycles. The molecule has 0 aliphatic rings. The topological polar surface area (TPSA) is 84.5 Å². The van der Waals surface area contributed by atoms with Crippen LogP contribution in [-0.4, -0.2) is 25.0 Å². The Kier molecular flexibility index (Phi) is 5.93. The van der Waals surface area contributed by atoms with Gasteiger partial charge in [0.1, 0.15) is 5.00 Å². The lowest BCUT2D eigenvalue weighted by Gasteiger charge is -2.08. The number of thiophene rings is 1. The summed E-state index contributed by atoms with van der Waals surface area (Å²) in [5.41, 5.74) is 3.01. The second kappa shape index (κ2) is 7.94. The predicted octanol–water partition coefficient (Wildman–Crippen LogP) is 3.35. The number of anilines is 1. The summed E-state index contributed by atoms with van der Waals surface area (Å²) in [6.45, 7) is 5.60. The molecule has 6 nitrogen and oxygen atoms in total. The highest BCUT2D eigenvalue weighted by Crippen LogP contribution is 2.32. The van der Waals surface area contributed by atoms with E-state index in [1.807, 2.05) is 38.1 Å². The van der Waals surface area contributed by atoms with Crippen molar-refractivity contribution in [2.24, 2.45) is 0 Å². The fraction of sp³-hybridized carbons (Fsp3) is 0.278. The SMILES string of the molecule is COC(=O)NC(=O)c1c(NC(=O)Cc2ccc(C)cc2)sc(C)c1C. The third-order valence-electron chi connectivity index (χ3n) is 3.75. The molecule has 0 aliphatic carbocycles. The van der Waals surface area contributed by atoms with Gasteiger partial charge in [-0.05, 0) is 31.9 Å². The van der Waals surface area contributed by atoms with Crippen LogP contribution in [0, 0.1) is 20.8 Å². The number of nitrogens with one attached hydrogen (secondary N) is 2. The van der Waals surface area contributed by atoms with Crippen molar-refractivity contribution < 1.29 is 19.1 Å². The van der Waals surface area contributed by atoms with Gasteiger partial charge < -0.3 is 10.1 Å². The molecule has 0 fully saturated rings. The van der Waals surface area contributed by atoms with Gasteiger partial charge in [-0.2, -0.15) is 0 Å². The normalized spacial score (nSPS) is 10.2. The number of ether oxygens (including phenoxy) is 1. The lowest BCUT2D eigenvalue weighted by atomic mass is 10.1. The van der Waals surface area contributed by atoms with Crippen molar-refractivity contribution in [2.45, 2.75) is 27.2 Å². The standard InChI is InChI=1S/C18H20N2O4S/c1-10-5-7-13(8-6-10)9-14(21)19-17-15(11(2)12(3)25-17)16(22)20-18(23)24-4/h5-8H,9H2,1-4H3,(H,19,21)(H,20,22,23). The number of hydrogen-bond acceptors (Lipinski definition) is 5. The predicted molar refractivity (Wildman–Crippen MR) is 97.2 cm³/mol. The van der Waals surface area contributed by atoms with Crippen molar-refractivity contribution >= 4 is 34.2 Å². The van der Waals surface area contributed by atoms with Crippen molar-refractivity contribution in [3.05, 3.63) is 51.4 Å². The molecule has 0 radical (unpaired) electrons. The van der Waals surface area contributed by atoms with Gasteiger partial charge in [-0.1, -0.05) is 29.8 Å². The summed E-state index contributed by atoms with van der Waals surface area (Å²) in [6, 6.07) is 7.67. The van der Waals surface area contributed by atoms with Gasteiger partial charge in [-0.3, -0.25) is 14.9 Å². The number of aryl methyl sites for hydroxylation is 2. The van der Waals surface area contributed by atoms with Crippen LogP contribution in [0.3, 0.4) is 0 Å². The van der Waals surface area contributed by atoms with Gasteiger partial charge in [-0.25, -0.2) is 4.79 Å². The van der Waals surface area contributed by atoms with E-state index in [0.29, 0.717) is 5.00 Å². The van der Waals surface area contributed by atoms with E-state index in [1.54, 1.807) is 6.92 Å². The molecule has 25 heavy (non-hydrogen) atoms. The van der Waals surface area contributed by atoms with E-state index in [0.717, 1.165) is 21.6 Å². The Labute approximate surface area is 150 Å². The molecule has 2 aromatic rings. The van der Waals surface area contributed by atoms with Crippen molar-refractivity contribution in [1.82, 2.24) is 5.32 Å². The highest BCUT2D eigenvalue weighted by atomic mass is 32.1. The van der Waals surface area contributed by atoms with Crippen LogP contribution in [-0.2, 0) is 16.0 Å². The van der Waals surface area contributed by atoms with Crippen LogP contribution in [0.4, 0.5) is 9.80 Å². The summed E-state index contributed by atoms with van der Waals surface area (Å²) in [4.78, 5) is 36.8. The maximum Gasteiger partial charge on any atom is 0.413 e. The molecule has 0 atom stereocenters. The first-order chi connectivity index (χ1) is 11.8. The monoisotopic (exact) mass is 360 g/mol. The first-order valence-corrected chi connectivity index (χ1v) is 8.48. The fourth-order valence-electron chi connectivity index (χ4n) is 2.26. The van der Waals surface area contributed by atoms with Crippen LogP contribution < -0.4 is 10.6 Å². The minimum absolute atomic E-state index is 0.203.